The van der Waals surface area contributed by atoms with Gasteiger partial charge in [-0.3, -0.25) is 4.79 Å². The summed E-state index contributed by atoms with van der Waals surface area (Å²) in [5.74, 6) is 0.326. The molecule has 1 unspecified atom stereocenters. The Balaban J connectivity index is 1.95. The number of hydrogen-bond donors (Lipinski definition) is 2. The maximum Gasteiger partial charge on any atom is 0.287 e. The first kappa shape index (κ1) is 13.4. The molecule has 0 bridgehead atoms. The number of imidazole rings is 1. The summed E-state index contributed by atoms with van der Waals surface area (Å²) in [5, 5.41) is 11.8. The van der Waals surface area contributed by atoms with Crippen LogP contribution in [0.15, 0.2) is 35.3 Å². The third-order valence-corrected chi connectivity index (χ3v) is 2.86. The molecule has 0 saturated heterocycles. The fourth-order valence-electron chi connectivity index (χ4n) is 1.77. The topological polar surface area (TPSA) is 80.3 Å². The average Bonchev–Trinajstić information content (AvgIpc) is 3.08. The number of aliphatic hydroxyl groups is 1. The molecule has 2 aromatic heterocycles. The molecule has 1 atom stereocenters. The van der Waals surface area contributed by atoms with E-state index in [-0.39, 0.29) is 24.3 Å². The largest absolute Gasteiger partial charge is 0.453 e. The third kappa shape index (κ3) is 3.45. The first-order chi connectivity index (χ1) is 9.22. The van der Waals surface area contributed by atoms with E-state index in [9.17, 15) is 4.79 Å². The van der Waals surface area contributed by atoms with E-state index < -0.39 is 0 Å². The first-order valence-corrected chi connectivity index (χ1v) is 6.19. The van der Waals surface area contributed by atoms with Crippen molar-refractivity contribution in [3.05, 3.63) is 42.4 Å². The van der Waals surface area contributed by atoms with Crippen molar-refractivity contribution in [2.75, 3.05) is 0 Å². The monoisotopic (exact) mass is 263 g/mol. The van der Waals surface area contributed by atoms with Crippen molar-refractivity contribution in [1.29, 1.82) is 0 Å². The molecule has 0 aliphatic carbocycles. The molecule has 0 aromatic carbocycles. The van der Waals surface area contributed by atoms with Gasteiger partial charge in [0, 0.05) is 25.0 Å². The summed E-state index contributed by atoms with van der Waals surface area (Å²) in [6.45, 7) is 2.46. The number of carbonyl (C=O) groups excluding carboxylic acids is 1. The molecule has 0 aliphatic rings. The van der Waals surface area contributed by atoms with E-state index >= 15 is 0 Å². The van der Waals surface area contributed by atoms with Crippen LogP contribution in [0.2, 0.25) is 0 Å². The molecular weight excluding hydrogens is 246 g/mol. The Morgan fingerprint density at radius 1 is 1.58 bits per heavy atom. The van der Waals surface area contributed by atoms with Gasteiger partial charge < -0.3 is 19.4 Å². The Hall–Kier alpha value is -2.08. The maximum absolute atomic E-state index is 12.0. The van der Waals surface area contributed by atoms with E-state index in [1.807, 2.05) is 17.7 Å². The molecule has 2 heterocycles. The van der Waals surface area contributed by atoms with Gasteiger partial charge in [0.25, 0.3) is 5.91 Å². The van der Waals surface area contributed by atoms with Crippen LogP contribution in [0.1, 0.15) is 29.7 Å². The molecule has 102 valence electrons. The number of furan rings is 1. The Morgan fingerprint density at radius 3 is 3.00 bits per heavy atom. The molecule has 2 aromatic rings. The highest BCUT2D eigenvalue weighted by molar-refractivity contribution is 5.91. The third-order valence-electron chi connectivity index (χ3n) is 2.86. The Labute approximate surface area is 111 Å². The normalized spacial score (nSPS) is 12.3. The van der Waals surface area contributed by atoms with E-state index in [2.05, 4.69) is 10.3 Å². The van der Waals surface area contributed by atoms with E-state index in [0.717, 1.165) is 6.42 Å². The predicted molar refractivity (Wildman–Crippen MR) is 68.4 cm³/mol. The van der Waals surface area contributed by atoms with Crippen molar-refractivity contribution in [2.24, 2.45) is 0 Å². The van der Waals surface area contributed by atoms with Gasteiger partial charge in [-0.15, -0.1) is 0 Å². The second-order valence-electron chi connectivity index (χ2n) is 4.26. The van der Waals surface area contributed by atoms with Crippen LogP contribution in [0.25, 0.3) is 0 Å². The molecule has 6 nitrogen and oxygen atoms in total. The quantitative estimate of drug-likeness (QED) is 0.820. The summed E-state index contributed by atoms with van der Waals surface area (Å²) in [5.41, 5.74) is 0. The smallest absolute Gasteiger partial charge is 0.287 e. The predicted octanol–water partition coefficient (Wildman–Crippen LogP) is 1.18. The van der Waals surface area contributed by atoms with Gasteiger partial charge in [0.05, 0.1) is 6.33 Å². The fraction of sp³-hybridized carbons (Fsp3) is 0.385. The summed E-state index contributed by atoms with van der Waals surface area (Å²) in [4.78, 5) is 15.9. The SMILES string of the molecule is CCC(Cn1ccnc1)NC(=O)c1ccc(CO)o1. The molecule has 0 aliphatic heterocycles. The molecule has 1 amide bonds. The highest BCUT2D eigenvalue weighted by atomic mass is 16.4. The molecule has 0 saturated carbocycles. The van der Waals surface area contributed by atoms with Crippen molar-refractivity contribution in [3.63, 3.8) is 0 Å². The Bertz CT molecular complexity index is 519. The Morgan fingerprint density at radius 2 is 2.42 bits per heavy atom. The van der Waals surface area contributed by atoms with Gasteiger partial charge in [-0.05, 0) is 18.6 Å². The van der Waals surface area contributed by atoms with E-state index in [4.69, 9.17) is 9.52 Å². The van der Waals surface area contributed by atoms with Crippen molar-refractivity contribution >= 4 is 5.91 Å². The fourth-order valence-corrected chi connectivity index (χ4v) is 1.77. The first-order valence-electron chi connectivity index (χ1n) is 6.19. The Kier molecular flexibility index (Phi) is 4.35. The van der Waals surface area contributed by atoms with Gasteiger partial charge in [0.1, 0.15) is 12.4 Å². The van der Waals surface area contributed by atoms with Gasteiger partial charge >= 0.3 is 0 Å². The lowest BCUT2D eigenvalue weighted by Gasteiger charge is -2.16. The van der Waals surface area contributed by atoms with Crippen LogP contribution < -0.4 is 5.32 Å². The summed E-state index contributed by atoms with van der Waals surface area (Å²) in [6.07, 6.45) is 6.07. The highest BCUT2D eigenvalue weighted by Crippen LogP contribution is 2.08. The van der Waals surface area contributed by atoms with Gasteiger partial charge in [-0.2, -0.15) is 0 Å². The van der Waals surface area contributed by atoms with Crippen LogP contribution in [0.4, 0.5) is 0 Å². The van der Waals surface area contributed by atoms with Crippen molar-refractivity contribution in [2.45, 2.75) is 32.5 Å². The number of aromatic nitrogens is 2. The summed E-state index contributed by atoms with van der Waals surface area (Å²) in [7, 11) is 0. The minimum absolute atomic E-state index is 0.00405. The van der Waals surface area contributed by atoms with Gasteiger partial charge in [0.15, 0.2) is 5.76 Å². The molecule has 2 N–H and O–H groups in total. The van der Waals surface area contributed by atoms with Crippen LogP contribution in [-0.4, -0.2) is 26.6 Å². The average molecular weight is 263 g/mol. The van der Waals surface area contributed by atoms with Crippen LogP contribution in [0, 0.1) is 0 Å². The second kappa shape index (κ2) is 6.19. The van der Waals surface area contributed by atoms with Gasteiger partial charge in [0.2, 0.25) is 0 Å². The van der Waals surface area contributed by atoms with E-state index in [1.165, 1.54) is 0 Å². The lowest BCUT2D eigenvalue weighted by atomic mass is 10.2. The van der Waals surface area contributed by atoms with Crippen LogP contribution in [0.3, 0.4) is 0 Å². The summed E-state index contributed by atoms with van der Waals surface area (Å²) >= 11 is 0. The molecule has 19 heavy (non-hydrogen) atoms. The zero-order valence-corrected chi connectivity index (χ0v) is 10.7. The minimum Gasteiger partial charge on any atom is -0.453 e. The molecule has 0 spiro atoms. The second-order valence-corrected chi connectivity index (χ2v) is 4.26. The minimum atomic E-state index is -0.272. The van der Waals surface area contributed by atoms with Crippen molar-refractivity contribution in [1.82, 2.24) is 14.9 Å². The molecule has 2 rings (SSSR count). The summed E-state index contributed by atoms with van der Waals surface area (Å²) in [6, 6.07) is 3.15. The zero-order valence-electron chi connectivity index (χ0n) is 10.7. The van der Waals surface area contributed by atoms with Gasteiger partial charge in [-0.1, -0.05) is 6.92 Å². The molecular formula is C13H17N3O3. The number of carbonyl (C=O) groups is 1. The number of nitrogens with zero attached hydrogens (tertiary/aromatic N) is 2. The zero-order chi connectivity index (χ0) is 13.7. The van der Waals surface area contributed by atoms with Crippen LogP contribution >= 0.6 is 0 Å². The number of nitrogens with one attached hydrogen (secondary N) is 1. The molecule has 0 radical (unpaired) electrons. The number of amides is 1. The van der Waals surface area contributed by atoms with E-state index in [1.54, 1.807) is 24.7 Å². The highest BCUT2D eigenvalue weighted by Gasteiger charge is 2.15. The lowest BCUT2D eigenvalue weighted by molar-refractivity contribution is 0.0899. The van der Waals surface area contributed by atoms with Crippen molar-refractivity contribution in [3.8, 4) is 0 Å². The van der Waals surface area contributed by atoms with E-state index in [0.29, 0.717) is 12.3 Å². The maximum atomic E-state index is 12.0. The lowest BCUT2D eigenvalue weighted by Crippen LogP contribution is -2.37. The van der Waals surface area contributed by atoms with Gasteiger partial charge in [-0.25, -0.2) is 4.98 Å². The number of aliphatic hydroxyl groups excluding tert-OH is 1. The van der Waals surface area contributed by atoms with Crippen LogP contribution in [0.5, 0.6) is 0 Å². The molecule has 0 fully saturated rings. The summed E-state index contributed by atoms with van der Waals surface area (Å²) < 4.78 is 7.11. The standard InChI is InChI=1S/C13H17N3O3/c1-2-10(7-16-6-5-14-9-16)15-13(18)12-4-3-11(8-17)19-12/h3-6,9-10,17H,2,7-8H2,1H3,(H,15,18). The van der Waals surface area contributed by atoms with Crippen molar-refractivity contribution < 1.29 is 14.3 Å². The number of hydrogen-bond acceptors (Lipinski definition) is 4. The molecule has 6 heteroatoms. The van der Waals surface area contributed by atoms with Crippen LogP contribution in [-0.2, 0) is 13.2 Å². The number of rotatable bonds is 6.